The van der Waals surface area contributed by atoms with E-state index in [0.29, 0.717) is 24.5 Å². The highest BCUT2D eigenvalue weighted by Gasteiger charge is 2.42. The number of nitrogens with zero attached hydrogens (tertiary/aromatic N) is 3. The minimum Gasteiger partial charge on any atom is -0.383 e. The van der Waals surface area contributed by atoms with Crippen molar-refractivity contribution in [1.29, 1.82) is 0 Å². The first-order chi connectivity index (χ1) is 15.6. The van der Waals surface area contributed by atoms with Crippen LogP contribution in [0.2, 0.25) is 0 Å². The summed E-state index contributed by atoms with van der Waals surface area (Å²) in [6.07, 6.45) is 3.85. The summed E-state index contributed by atoms with van der Waals surface area (Å²) in [5.74, 6) is 2.72. The van der Waals surface area contributed by atoms with Gasteiger partial charge in [-0.05, 0) is 61.8 Å². The molecule has 0 aromatic carbocycles. The van der Waals surface area contributed by atoms with Gasteiger partial charge in [-0.1, -0.05) is 6.07 Å². The normalized spacial score (nSPS) is 33.5. The van der Waals surface area contributed by atoms with Gasteiger partial charge in [-0.3, -0.25) is 9.69 Å². The van der Waals surface area contributed by atoms with E-state index in [-0.39, 0.29) is 5.56 Å². The topological polar surface area (TPSA) is 61.8 Å². The molecule has 5 aliphatic heterocycles. The molecule has 7 nitrogen and oxygen atoms in total. The number of hydrogen-bond donors (Lipinski definition) is 2. The number of nitrogens with one attached hydrogen (secondary N) is 2. The third-order valence-corrected chi connectivity index (χ3v) is 8.44. The van der Waals surface area contributed by atoms with Crippen molar-refractivity contribution < 1.29 is 4.74 Å². The molecular weight excluding hydrogens is 422 g/mol. The van der Waals surface area contributed by atoms with E-state index >= 15 is 0 Å². The van der Waals surface area contributed by atoms with Crippen LogP contribution in [0, 0.1) is 17.8 Å². The second-order valence-corrected chi connectivity index (χ2v) is 10.6. The van der Waals surface area contributed by atoms with Gasteiger partial charge in [0.2, 0.25) is 0 Å². The zero-order valence-electron chi connectivity index (χ0n) is 19.2. The summed E-state index contributed by atoms with van der Waals surface area (Å²) in [5.41, 5.74) is 1.43. The van der Waals surface area contributed by atoms with E-state index < -0.39 is 0 Å². The van der Waals surface area contributed by atoms with E-state index in [4.69, 9.17) is 17.0 Å². The van der Waals surface area contributed by atoms with Gasteiger partial charge in [0, 0.05) is 76.6 Å². The Morgan fingerprint density at radius 1 is 1.19 bits per heavy atom. The number of fused-ring (bicyclic) bond motifs is 7. The molecule has 6 heterocycles. The van der Waals surface area contributed by atoms with Crippen LogP contribution in [0.3, 0.4) is 0 Å². The van der Waals surface area contributed by atoms with E-state index in [1.54, 1.807) is 13.2 Å². The highest BCUT2D eigenvalue weighted by atomic mass is 32.1. The molecule has 1 unspecified atom stereocenters. The predicted molar refractivity (Wildman–Crippen MR) is 130 cm³/mol. The first-order valence-corrected chi connectivity index (χ1v) is 12.7. The fourth-order valence-corrected chi connectivity index (χ4v) is 6.87. The molecule has 0 saturated carbocycles. The van der Waals surface area contributed by atoms with Crippen LogP contribution in [0.1, 0.15) is 30.9 Å². The molecule has 0 spiro atoms. The first kappa shape index (κ1) is 22.3. The van der Waals surface area contributed by atoms with Crippen LogP contribution in [-0.4, -0.2) is 85.1 Å². The average Bonchev–Trinajstić information content (AvgIpc) is 2.79. The molecule has 0 amide bonds. The second-order valence-electron chi connectivity index (χ2n) is 10.2. The zero-order valence-corrected chi connectivity index (χ0v) is 20.0. The molecule has 32 heavy (non-hydrogen) atoms. The second kappa shape index (κ2) is 9.79. The van der Waals surface area contributed by atoms with Gasteiger partial charge < -0.3 is 24.8 Å². The largest absolute Gasteiger partial charge is 0.383 e. The lowest BCUT2D eigenvalue weighted by molar-refractivity contribution is -0.0189. The van der Waals surface area contributed by atoms with Gasteiger partial charge in [0.1, 0.15) is 0 Å². The molecule has 6 rings (SSSR count). The van der Waals surface area contributed by atoms with Crippen LogP contribution < -0.4 is 16.2 Å². The third kappa shape index (κ3) is 4.74. The maximum atomic E-state index is 12.3. The van der Waals surface area contributed by atoms with E-state index in [1.807, 2.05) is 10.6 Å². The molecule has 4 fully saturated rings. The molecule has 0 aliphatic carbocycles. The SMILES string of the molecule is COCCNC(=S)NC[C@H]1C[C@@H]2CCN1C[C@@H]2CN1C[C@@H]2C[C@H](C1)c1cccc(=O)n1C2. The van der Waals surface area contributed by atoms with Gasteiger partial charge in [0.25, 0.3) is 5.56 Å². The summed E-state index contributed by atoms with van der Waals surface area (Å²) in [7, 11) is 1.71. The summed E-state index contributed by atoms with van der Waals surface area (Å²) in [5, 5.41) is 7.36. The van der Waals surface area contributed by atoms with Gasteiger partial charge in [-0.25, -0.2) is 0 Å². The minimum atomic E-state index is 0.177. The fourth-order valence-electron chi connectivity index (χ4n) is 6.68. The Balaban J connectivity index is 1.13. The molecule has 0 radical (unpaired) electrons. The Kier molecular flexibility index (Phi) is 6.83. The van der Waals surface area contributed by atoms with Crippen molar-refractivity contribution in [2.75, 3.05) is 59.5 Å². The zero-order chi connectivity index (χ0) is 22.1. The highest BCUT2D eigenvalue weighted by molar-refractivity contribution is 7.80. The number of pyridine rings is 1. The number of rotatable bonds is 7. The number of thiocarbonyl (C=S) groups is 1. The summed E-state index contributed by atoms with van der Waals surface area (Å²) >= 11 is 5.40. The number of likely N-dealkylation sites (tertiary alicyclic amines) is 1. The molecule has 1 aromatic heterocycles. The Bertz CT molecular complexity index is 876. The molecule has 1 aromatic rings. The van der Waals surface area contributed by atoms with Gasteiger partial charge in [-0.15, -0.1) is 0 Å². The predicted octanol–water partition coefficient (Wildman–Crippen LogP) is 1.09. The van der Waals surface area contributed by atoms with E-state index in [1.165, 1.54) is 44.6 Å². The highest BCUT2D eigenvalue weighted by Crippen LogP contribution is 2.39. The fraction of sp³-hybridized carbons (Fsp3) is 0.750. The molecule has 4 bridgehead atoms. The number of ether oxygens (including phenoxy) is 1. The first-order valence-electron chi connectivity index (χ1n) is 12.3. The Morgan fingerprint density at radius 2 is 2.09 bits per heavy atom. The Morgan fingerprint density at radius 3 is 2.91 bits per heavy atom. The average molecular weight is 460 g/mol. The van der Waals surface area contributed by atoms with E-state index in [2.05, 4.69) is 26.5 Å². The van der Waals surface area contributed by atoms with Crippen molar-refractivity contribution in [1.82, 2.24) is 25.0 Å². The van der Waals surface area contributed by atoms with Crippen LogP contribution in [0.4, 0.5) is 0 Å². The van der Waals surface area contributed by atoms with Crippen LogP contribution in [0.15, 0.2) is 23.0 Å². The van der Waals surface area contributed by atoms with E-state index in [9.17, 15) is 4.79 Å². The van der Waals surface area contributed by atoms with Crippen molar-refractivity contribution in [2.24, 2.45) is 17.8 Å². The molecule has 8 heteroatoms. The number of piperidine rings is 4. The van der Waals surface area contributed by atoms with Crippen molar-refractivity contribution in [2.45, 2.75) is 37.8 Å². The third-order valence-electron chi connectivity index (χ3n) is 8.15. The number of methoxy groups -OCH3 is 1. The lowest BCUT2D eigenvalue weighted by atomic mass is 9.74. The summed E-state index contributed by atoms with van der Waals surface area (Å²) < 4.78 is 7.11. The molecule has 5 aliphatic rings. The van der Waals surface area contributed by atoms with Crippen LogP contribution in [-0.2, 0) is 11.3 Å². The van der Waals surface area contributed by atoms with Crippen molar-refractivity contribution in [3.8, 4) is 0 Å². The van der Waals surface area contributed by atoms with Crippen LogP contribution in [0.25, 0.3) is 0 Å². The molecule has 2 N–H and O–H groups in total. The van der Waals surface area contributed by atoms with Gasteiger partial charge in [0.05, 0.1) is 6.61 Å². The molecule has 176 valence electrons. The molecule has 4 saturated heterocycles. The van der Waals surface area contributed by atoms with Crippen molar-refractivity contribution >= 4 is 17.3 Å². The van der Waals surface area contributed by atoms with Gasteiger partial charge in [-0.2, -0.15) is 0 Å². The smallest absolute Gasteiger partial charge is 0.250 e. The number of aromatic nitrogens is 1. The maximum Gasteiger partial charge on any atom is 0.250 e. The number of hydrogen-bond acceptors (Lipinski definition) is 5. The van der Waals surface area contributed by atoms with Gasteiger partial charge >= 0.3 is 0 Å². The summed E-state index contributed by atoms with van der Waals surface area (Å²) in [4.78, 5) is 17.7. The van der Waals surface area contributed by atoms with Crippen LogP contribution >= 0.6 is 12.2 Å². The Hall–Kier alpha value is -1.48. The maximum absolute atomic E-state index is 12.3. The minimum absolute atomic E-state index is 0.177. The lowest BCUT2D eigenvalue weighted by Gasteiger charge is -2.52. The monoisotopic (exact) mass is 459 g/mol. The quantitative estimate of drug-likeness (QED) is 0.468. The summed E-state index contributed by atoms with van der Waals surface area (Å²) in [6.45, 7) is 9.14. The standard InChI is InChI=1S/C24H37N5O2S/c1-31-8-6-25-24(32)26-11-21-10-18-5-7-28(21)16-20(18)15-27-12-17-9-19(14-27)22-3-2-4-23(30)29(22)13-17/h2-4,17-21H,5-16H2,1H3,(H2,25,26,32)/t17-,18-,19+,20-,21+/m0/s1. The van der Waals surface area contributed by atoms with Crippen LogP contribution in [0.5, 0.6) is 0 Å². The van der Waals surface area contributed by atoms with Crippen molar-refractivity contribution in [3.63, 3.8) is 0 Å². The lowest BCUT2D eigenvalue weighted by Crippen LogP contribution is -2.59. The summed E-state index contributed by atoms with van der Waals surface area (Å²) in [6, 6.07) is 6.41. The Labute approximate surface area is 196 Å². The van der Waals surface area contributed by atoms with Gasteiger partial charge in [0.15, 0.2) is 5.11 Å². The van der Waals surface area contributed by atoms with Crippen molar-refractivity contribution in [3.05, 3.63) is 34.2 Å². The van der Waals surface area contributed by atoms with E-state index in [0.717, 1.165) is 49.7 Å². The molecule has 6 atom stereocenters. The molecular formula is C24H37N5O2S.